The predicted octanol–water partition coefficient (Wildman–Crippen LogP) is 2.73. The molecular formula is C10H10FNS. The first kappa shape index (κ1) is 8.63. The van der Waals surface area contributed by atoms with Gasteiger partial charge in [0.25, 0.3) is 0 Å². The van der Waals surface area contributed by atoms with Crippen LogP contribution in [0.1, 0.15) is 11.1 Å². The highest BCUT2D eigenvalue weighted by molar-refractivity contribution is 8.02. The van der Waals surface area contributed by atoms with Gasteiger partial charge >= 0.3 is 0 Å². The molecule has 13 heavy (non-hydrogen) atoms. The summed E-state index contributed by atoms with van der Waals surface area (Å²) in [5, 5.41) is 5.08. The van der Waals surface area contributed by atoms with Gasteiger partial charge in [0.15, 0.2) is 0 Å². The first-order valence-electron chi connectivity index (χ1n) is 4.09. The molecule has 0 radical (unpaired) electrons. The monoisotopic (exact) mass is 195 g/mol. The molecule has 1 nitrogen and oxygen atoms in total. The summed E-state index contributed by atoms with van der Waals surface area (Å²) >= 11 is 1.65. The minimum Gasteiger partial charge on any atom is -0.375 e. The van der Waals surface area contributed by atoms with E-state index in [4.69, 9.17) is 0 Å². The number of benzene rings is 1. The van der Waals surface area contributed by atoms with Crippen LogP contribution in [0.15, 0.2) is 23.6 Å². The lowest BCUT2D eigenvalue weighted by molar-refractivity contribution is 0.622. The average molecular weight is 195 g/mol. The summed E-state index contributed by atoms with van der Waals surface area (Å²) < 4.78 is 13.3. The molecule has 1 aromatic carbocycles. The summed E-state index contributed by atoms with van der Waals surface area (Å²) in [6.45, 7) is 1.96. The van der Waals surface area contributed by atoms with Crippen molar-refractivity contribution < 1.29 is 4.39 Å². The molecule has 1 aromatic rings. The summed E-state index contributed by atoms with van der Waals surface area (Å²) in [6.07, 6.45) is 0. The summed E-state index contributed by atoms with van der Waals surface area (Å²) in [7, 11) is 0. The van der Waals surface area contributed by atoms with E-state index >= 15 is 0 Å². The molecule has 0 unspecified atom stereocenters. The Labute approximate surface area is 81.0 Å². The molecule has 0 saturated carbocycles. The largest absolute Gasteiger partial charge is 0.375 e. The van der Waals surface area contributed by atoms with Crippen molar-refractivity contribution in [1.82, 2.24) is 5.32 Å². The second kappa shape index (κ2) is 3.42. The van der Waals surface area contributed by atoms with E-state index < -0.39 is 0 Å². The fraction of sp³-hybridized carbons (Fsp3) is 0.200. The fourth-order valence-corrected chi connectivity index (χ4v) is 1.99. The molecule has 0 fully saturated rings. The van der Waals surface area contributed by atoms with E-state index in [1.54, 1.807) is 17.8 Å². The lowest BCUT2D eigenvalue weighted by Crippen LogP contribution is -2.06. The normalized spacial score (nSPS) is 15.4. The van der Waals surface area contributed by atoms with Crippen molar-refractivity contribution in [3.63, 3.8) is 0 Å². The molecule has 0 aliphatic carbocycles. The van der Waals surface area contributed by atoms with Crippen LogP contribution < -0.4 is 5.32 Å². The second-order valence-electron chi connectivity index (χ2n) is 3.00. The molecular weight excluding hydrogens is 185 g/mol. The Bertz CT molecular complexity index is 360. The third-order valence-electron chi connectivity index (χ3n) is 1.96. The fourth-order valence-electron chi connectivity index (χ4n) is 1.29. The zero-order chi connectivity index (χ0) is 9.26. The third-order valence-corrected chi connectivity index (χ3v) is 2.67. The van der Waals surface area contributed by atoms with E-state index in [9.17, 15) is 4.39 Å². The lowest BCUT2D eigenvalue weighted by Gasteiger charge is -2.05. The van der Waals surface area contributed by atoms with Crippen molar-refractivity contribution in [3.05, 3.63) is 40.6 Å². The van der Waals surface area contributed by atoms with Crippen LogP contribution in [-0.4, -0.2) is 5.88 Å². The average Bonchev–Trinajstić information content (AvgIpc) is 2.61. The maximum atomic E-state index is 13.3. The van der Waals surface area contributed by atoms with E-state index in [1.165, 1.54) is 6.07 Å². The molecule has 3 heteroatoms. The van der Waals surface area contributed by atoms with Crippen molar-refractivity contribution in [1.29, 1.82) is 0 Å². The maximum absolute atomic E-state index is 13.3. The maximum Gasteiger partial charge on any atom is 0.132 e. The second-order valence-corrected chi connectivity index (χ2v) is 3.86. The van der Waals surface area contributed by atoms with Gasteiger partial charge in [-0.15, -0.1) is 11.8 Å². The zero-order valence-electron chi connectivity index (χ0n) is 7.30. The highest BCUT2D eigenvalue weighted by atomic mass is 32.2. The van der Waals surface area contributed by atoms with E-state index in [1.807, 2.05) is 18.4 Å². The van der Waals surface area contributed by atoms with E-state index in [-0.39, 0.29) is 5.82 Å². The van der Waals surface area contributed by atoms with Crippen LogP contribution in [0.25, 0.3) is 5.70 Å². The van der Waals surface area contributed by atoms with Gasteiger partial charge < -0.3 is 5.32 Å². The Morgan fingerprint density at radius 3 is 3.00 bits per heavy atom. The minimum absolute atomic E-state index is 0.160. The highest BCUT2D eigenvalue weighted by Gasteiger charge is 2.10. The van der Waals surface area contributed by atoms with Gasteiger partial charge in [0.2, 0.25) is 0 Å². The van der Waals surface area contributed by atoms with Gasteiger partial charge in [-0.25, -0.2) is 4.39 Å². The van der Waals surface area contributed by atoms with Crippen molar-refractivity contribution in [2.24, 2.45) is 0 Å². The molecule has 0 bridgehead atoms. The van der Waals surface area contributed by atoms with Gasteiger partial charge in [-0.05, 0) is 24.5 Å². The molecule has 0 spiro atoms. The molecule has 1 heterocycles. The SMILES string of the molecule is Cc1ccc(F)c(C2=CSCN2)c1. The Hall–Kier alpha value is -0.960. The number of nitrogens with one attached hydrogen (secondary N) is 1. The van der Waals surface area contributed by atoms with Crippen LogP contribution in [0.3, 0.4) is 0 Å². The van der Waals surface area contributed by atoms with Crippen LogP contribution in [0.4, 0.5) is 4.39 Å². The van der Waals surface area contributed by atoms with Gasteiger partial charge in [-0.3, -0.25) is 0 Å². The van der Waals surface area contributed by atoms with Crippen LogP contribution in [0.2, 0.25) is 0 Å². The molecule has 0 amide bonds. The molecule has 68 valence electrons. The molecule has 1 N–H and O–H groups in total. The van der Waals surface area contributed by atoms with Crippen molar-refractivity contribution >= 4 is 17.5 Å². The van der Waals surface area contributed by atoms with Gasteiger partial charge in [-0.1, -0.05) is 11.6 Å². The molecule has 2 rings (SSSR count). The topological polar surface area (TPSA) is 12.0 Å². The number of halogens is 1. The van der Waals surface area contributed by atoms with Crippen LogP contribution in [0.5, 0.6) is 0 Å². The van der Waals surface area contributed by atoms with Crippen molar-refractivity contribution in [2.75, 3.05) is 5.88 Å². The van der Waals surface area contributed by atoms with Crippen molar-refractivity contribution in [2.45, 2.75) is 6.92 Å². The third kappa shape index (κ3) is 1.70. The Morgan fingerprint density at radius 1 is 1.46 bits per heavy atom. The standard InChI is InChI=1S/C10H10FNS/c1-7-2-3-9(11)8(4-7)10-5-13-6-12-10/h2-5,12H,6H2,1H3. The van der Waals surface area contributed by atoms with Crippen LogP contribution in [0, 0.1) is 12.7 Å². The molecule has 0 saturated heterocycles. The summed E-state index contributed by atoms with van der Waals surface area (Å²) in [5.41, 5.74) is 2.65. The summed E-state index contributed by atoms with van der Waals surface area (Å²) in [5.74, 6) is 0.676. The lowest BCUT2D eigenvalue weighted by atomic mass is 10.1. The van der Waals surface area contributed by atoms with Gasteiger partial charge in [-0.2, -0.15) is 0 Å². The van der Waals surface area contributed by atoms with Crippen LogP contribution in [-0.2, 0) is 0 Å². The van der Waals surface area contributed by atoms with Gasteiger partial charge in [0.1, 0.15) is 5.82 Å². The van der Waals surface area contributed by atoms with E-state index in [2.05, 4.69) is 5.32 Å². The molecule has 0 atom stereocenters. The smallest absolute Gasteiger partial charge is 0.132 e. The predicted molar refractivity (Wildman–Crippen MR) is 54.7 cm³/mol. The first-order valence-corrected chi connectivity index (χ1v) is 5.14. The Kier molecular flexibility index (Phi) is 2.27. The van der Waals surface area contributed by atoms with Crippen LogP contribution >= 0.6 is 11.8 Å². The number of rotatable bonds is 1. The summed E-state index contributed by atoms with van der Waals surface area (Å²) in [6, 6.07) is 5.15. The van der Waals surface area contributed by atoms with Crippen molar-refractivity contribution in [3.8, 4) is 0 Å². The van der Waals surface area contributed by atoms with E-state index in [0.717, 1.165) is 17.1 Å². The van der Waals surface area contributed by atoms with E-state index in [0.29, 0.717) is 5.56 Å². The Balaban J connectivity index is 2.43. The minimum atomic E-state index is -0.160. The highest BCUT2D eigenvalue weighted by Crippen LogP contribution is 2.24. The molecule has 1 aliphatic rings. The number of hydrogen-bond donors (Lipinski definition) is 1. The number of aryl methyl sites for hydroxylation is 1. The zero-order valence-corrected chi connectivity index (χ0v) is 8.12. The molecule has 1 aliphatic heterocycles. The van der Waals surface area contributed by atoms with Gasteiger partial charge in [0, 0.05) is 5.56 Å². The Morgan fingerprint density at radius 2 is 2.31 bits per heavy atom. The number of hydrogen-bond acceptors (Lipinski definition) is 2. The van der Waals surface area contributed by atoms with Gasteiger partial charge in [0.05, 0.1) is 11.6 Å². The molecule has 0 aromatic heterocycles. The number of thioether (sulfide) groups is 1. The summed E-state index contributed by atoms with van der Waals surface area (Å²) in [4.78, 5) is 0. The first-order chi connectivity index (χ1) is 6.27. The quantitative estimate of drug-likeness (QED) is 0.739.